The van der Waals surface area contributed by atoms with E-state index in [0.717, 1.165) is 15.3 Å². The fraction of sp³-hybridized carbons (Fsp3) is 0.263. The Morgan fingerprint density at radius 3 is 2.65 bits per heavy atom. The molecule has 0 saturated heterocycles. The Balaban J connectivity index is 1.88. The molecule has 0 unspecified atom stereocenters. The molecule has 0 spiro atoms. The number of benzene rings is 1. The Morgan fingerprint density at radius 1 is 1.15 bits per heavy atom. The Kier molecular flexibility index (Phi) is 5.70. The van der Waals surface area contributed by atoms with E-state index in [1.54, 1.807) is 14.0 Å². The van der Waals surface area contributed by atoms with Gasteiger partial charge in [-0.1, -0.05) is 30.3 Å². The zero-order valence-electron chi connectivity index (χ0n) is 14.6. The molecule has 2 amide bonds. The number of esters is 1. The summed E-state index contributed by atoms with van der Waals surface area (Å²) in [4.78, 5) is 26.4. The first-order valence-electron chi connectivity index (χ1n) is 8.19. The van der Waals surface area contributed by atoms with Crippen molar-refractivity contribution < 1.29 is 19.1 Å². The molecule has 2 aromatic rings. The van der Waals surface area contributed by atoms with E-state index in [9.17, 15) is 9.59 Å². The molecule has 1 aromatic heterocycles. The number of carbonyl (C=O) groups excluding carboxylic acids is 2. The third-order valence-corrected chi connectivity index (χ3v) is 5.18. The van der Waals surface area contributed by atoms with Gasteiger partial charge in [-0.2, -0.15) is 0 Å². The van der Waals surface area contributed by atoms with Crippen molar-refractivity contribution in [2.24, 2.45) is 0 Å². The van der Waals surface area contributed by atoms with Gasteiger partial charge in [0.15, 0.2) is 0 Å². The Bertz CT molecular complexity index is 829. The van der Waals surface area contributed by atoms with E-state index in [4.69, 9.17) is 9.47 Å². The first-order chi connectivity index (χ1) is 12.6. The Labute approximate surface area is 155 Å². The molecule has 0 fully saturated rings. The van der Waals surface area contributed by atoms with Crippen LogP contribution in [0.15, 0.2) is 53.7 Å². The number of carbonyl (C=O) groups is 2. The predicted octanol–water partition coefficient (Wildman–Crippen LogP) is 3.23. The van der Waals surface area contributed by atoms with Crippen LogP contribution in [0.1, 0.15) is 17.8 Å². The number of ether oxygens (including phenoxy) is 2. The highest BCUT2D eigenvalue weighted by Crippen LogP contribution is 2.36. The smallest absolute Gasteiger partial charge is 0.338 e. The topological polar surface area (TPSA) is 76.7 Å². The lowest BCUT2D eigenvalue weighted by atomic mass is 10.0. The van der Waals surface area contributed by atoms with Crippen LogP contribution in [-0.2, 0) is 14.3 Å². The molecule has 1 aliphatic heterocycles. The number of methoxy groups -OCH3 is 1. The number of urea groups is 1. The van der Waals surface area contributed by atoms with Gasteiger partial charge in [0, 0.05) is 22.6 Å². The maximum atomic E-state index is 12.5. The Morgan fingerprint density at radius 2 is 1.92 bits per heavy atom. The highest BCUT2D eigenvalue weighted by atomic mass is 32.1. The summed E-state index contributed by atoms with van der Waals surface area (Å²) >= 11 is 1.54. The zero-order valence-corrected chi connectivity index (χ0v) is 15.4. The van der Waals surface area contributed by atoms with E-state index >= 15 is 0 Å². The summed E-state index contributed by atoms with van der Waals surface area (Å²) in [5, 5.41) is 5.46. The highest BCUT2D eigenvalue weighted by molar-refractivity contribution is 7.15. The number of hydrogen-bond acceptors (Lipinski definition) is 5. The second kappa shape index (κ2) is 8.16. The molecule has 6 nitrogen and oxygen atoms in total. The summed E-state index contributed by atoms with van der Waals surface area (Å²) in [6, 6.07) is 13.0. The maximum Gasteiger partial charge on any atom is 0.338 e. The molecule has 2 N–H and O–H groups in total. The molecule has 2 heterocycles. The van der Waals surface area contributed by atoms with E-state index in [1.165, 1.54) is 11.3 Å². The van der Waals surface area contributed by atoms with Gasteiger partial charge in [0.25, 0.3) is 0 Å². The van der Waals surface area contributed by atoms with Crippen molar-refractivity contribution in [3.8, 4) is 10.4 Å². The van der Waals surface area contributed by atoms with E-state index < -0.39 is 12.0 Å². The van der Waals surface area contributed by atoms with E-state index in [-0.39, 0.29) is 12.6 Å². The van der Waals surface area contributed by atoms with Crippen molar-refractivity contribution >= 4 is 23.3 Å². The van der Waals surface area contributed by atoms with Gasteiger partial charge in [0.2, 0.25) is 0 Å². The lowest BCUT2D eigenvalue weighted by Gasteiger charge is -2.27. The van der Waals surface area contributed by atoms with Crippen molar-refractivity contribution in [3.63, 3.8) is 0 Å². The van der Waals surface area contributed by atoms with Gasteiger partial charge in [0.05, 0.1) is 18.2 Å². The van der Waals surface area contributed by atoms with Gasteiger partial charge in [0.1, 0.15) is 6.61 Å². The average Bonchev–Trinajstić information content (AvgIpc) is 3.12. The summed E-state index contributed by atoms with van der Waals surface area (Å²) in [5.41, 5.74) is 1.99. The van der Waals surface area contributed by atoms with Crippen molar-refractivity contribution in [1.82, 2.24) is 10.6 Å². The van der Waals surface area contributed by atoms with Crippen LogP contribution < -0.4 is 10.6 Å². The third kappa shape index (κ3) is 3.95. The van der Waals surface area contributed by atoms with Crippen LogP contribution >= 0.6 is 11.3 Å². The standard InChI is InChI=1S/C19H20N2O4S/c1-12-16(18(22)25-11-10-24-2)17(21-19(23)20-12)15-9-8-14(26-15)13-6-4-3-5-7-13/h3-9,17H,10-11H2,1-2H3,(H2,20,21,23)/t17-/m1/s1. The predicted molar refractivity (Wildman–Crippen MR) is 99.7 cm³/mol. The summed E-state index contributed by atoms with van der Waals surface area (Å²) in [6.07, 6.45) is 0. The minimum Gasteiger partial charge on any atom is -0.460 e. The van der Waals surface area contributed by atoms with E-state index in [2.05, 4.69) is 10.6 Å². The summed E-state index contributed by atoms with van der Waals surface area (Å²) in [7, 11) is 1.54. The lowest BCUT2D eigenvalue weighted by Crippen LogP contribution is -2.45. The van der Waals surface area contributed by atoms with Crippen molar-refractivity contribution in [2.75, 3.05) is 20.3 Å². The van der Waals surface area contributed by atoms with Gasteiger partial charge in [-0.15, -0.1) is 11.3 Å². The molecule has 0 saturated carbocycles. The van der Waals surface area contributed by atoms with Crippen LogP contribution in [0.25, 0.3) is 10.4 Å². The molecule has 0 radical (unpaired) electrons. The van der Waals surface area contributed by atoms with Crippen LogP contribution in [0.4, 0.5) is 4.79 Å². The average molecular weight is 372 g/mol. The monoisotopic (exact) mass is 372 g/mol. The van der Waals surface area contributed by atoms with Crippen molar-refractivity contribution in [2.45, 2.75) is 13.0 Å². The second-order valence-electron chi connectivity index (χ2n) is 5.77. The molecule has 1 atom stereocenters. The van der Waals surface area contributed by atoms with Gasteiger partial charge in [-0.25, -0.2) is 9.59 Å². The van der Waals surface area contributed by atoms with Crippen LogP contribution in [0.2, 0.25) is 0 Å². The van der Waals surface area contributed by atoms with Crippen molar-refractivity contribution in [1.29, 1.82) is 0 Å². The third-order valence-electron chi connectivity index (χ3n) is 3.98. The fourth-order valence-corrected chi connectivity index (χ4v) is 3.81. The van der Waals surface area contributed by atoms with Gasteiger partial charge in [-0.3, -0.25) is 0 Å². The summed E-state index contributed by atoms with van der Waals surface area (Å²) in [6.45, 7) is 2.18. The van der Waals surface area contributed by atoms with Gasteiger partial charge >= 0.3 is 12.0 Å². The summed E-state index contributed by atoms with van der Waals surface area (Å²) < 4.78 is 10.2. The molecule has 0 bridgehead atoms. The van der Waals surface area contributed by atoms with Gasteiger partial charge < -0.3 is 20.1 Å². The first-order valence-corrected chi connectivity index (χ1v) is 9.01. The van der Waals surface area contributed by atoms with Crippen LogP contribution in [0.5, 0.6) is 0 Å². The first kappa shape index (κ1) is 18.2. The number of nitrogens with one attached hydrogen (secondary N) is 2. The summed E-state index contributed by atoms with van der Waals surface area (Å²) in [5.74, 6) is -0.466. The number of thiophene rings is 1. The van der Waals surface area contributed by atoms with E-state index in [0.29, 0.717) is 17.9 Å². The molecule has 1 aromatic carbocycles. The van der Waals surface area contributed by atoms with Crippen LogP contribution in [-0.4, -0.2) is 32.3 Å². The van der Waals surface area contributed by atoms with Crippen LogP contribution in [0.3, 0.4) is 0 Å². The molecule has 3 rings (SSSR count). The second-order valence-corrected chi connectivity index (χ2v) is 6.88. The molecular formula is C19H20N2O4S. The van der Waals surface area contributed by atoms with Crippen LogP contribution in [0, 0.1) is 0 Å². The maximum absolute atomic E-state index is 12.5. The fourth-order valence-electron chi connectivity index (χ4n) is 2.74. The van der Waals surface area contributed by atoms with Gasteiger partial charge in [-0.05, 0) is 24.6 Å². The van der Waals surface area contributed by atoms with Crippen molar-refractivity contribution in [3.05, 3.63) is 58.6 Å². The molecule has 1 aliphatic rings. The molecule has 7 heteroatoms. The number of hydrogen-bond donors (Lipinski definition) is 2. The number of amides is 2. The largest absolute Gasteiger partial charge is 0.460 e. The Hall–Kier alpha value is -2.64. The SMILES string of the molecule is COCCOC(=O)C1=C(C)NC(=O)N[C@@H]1c1ccc(-c2ccccc2)s1. The minimum absolute atomic E-state index is 0.159. The molecule has 136 valence electrons. The minimum atomic E-state index is -0.541. The normalized spacial score (nSPS) is 16.8. The quantitative estimate of drug-likeness (QED) is 0.603. The lowest BCUT2D eigenvalue weighted by molar-refractivity contribution is -0.140. The molecule has 26 heavy (non-hydrogen) atoms. The highest BCUT2D eigenvalue weighted by Gasteiger charge is 2.33. The molecular weight excluding hydrogens is 352 g/mol. The number of rotatable bonds is 6. The van der Waals surface area contributed by atoms with E-state index in [1.807, 2.05) is 42.5 Å². The zero-order chi connectivity index (χ0) is 18.5. The number of allylic oxidation sites excluding steroid dienone is 1. The molecule has 0 aliphatic carbocycles.